The van der Waals surface area contributed by atoms with Crippen molar-refractivity contribution >= 4 is 17.3 Å². The zero-order valence-corrected chi connectivity index (χ0v) is 13.0. The summed E-state index contributed by atoms with van der Waals surface area (Å²) in [5.74, 6) is 0.841. The number of aliphatic hydroxyl groups excluding tert-OH is 1. The molecule has 4 heteroatoms. The van der Waals surface area contributed by atoms with Gasteiger partial charge in [-0.15, -0.1) is 0 Å². The van der Waals surface area contributed by atoms with E-state index in [0.29, 0.717) is 11.4 Å². The smallest absolute Gasteiger partial charge is 0.119 e. The minimum atomic E-state index is -0.483. The second-order valence-electron chi connectivity index (χ2n) is 4.98. The van der Waals surface area contributed by atoms with Gasteiger partial charge in [0.15, 0.2) is 0 Å². The third-order valence-electron chi connectivity index (χ3n) is 3.51. The number of aliphatic hydroxyl groups is 1. The molecule has 0 bridgehead atoms. The van der Waals surface area contributed by atoms with Crippen molar-refractivity contribution in [1.82, 2.24) is 0 Å². The van der Waals surface area contributed by atoms with E-state index in [-0.39, 0.29) is 0 Å². The first-order valence-corrected chi connectivity index (χ1v) is 7.26. The van der Waals surface area contributed by atoms with E-state index in [1.54, 1.807) is 19.2 Å². The fourth-order valence-corrected chi connectivity index (χ4v) is 2.26. The van der Waals surface area contributed by atoms with Gasteiger partial charge in [0.05, 0.1) is 13.2 Å². The Morgan fingerprint density at radius 2 is 1.71 bits per heavy atom. The highest BCUT2D eigenvalue weighted by Crippen LogP contribution is 2.22. The normalized spacial score (nSPS) is 12.0. The average Bonchev–Trinajstić information content (AvgIpc) is 2.53. The molecule has 0 saturated heterocycles. The van der Waals surface area contributed by atoms with Crippen LogP contribution in [0.25, 0.3) is 0 Å². The molecule has 0 radical (unpaired) electrons. The van der Waals surface area contributed by atoms with Crippen molar-refractivity contribution in [2.24, 2.45) is 0 Å². The van der Waals surface area contributed by atoms with Crippen molar-refractivity contribution < 1.29 is 9.84 Å². The van der Waals surface area contributed by atoms with Crippen molar-refractivity contribution in [3.05, 3.63) is 59.1 Å². The molecular weight excluding hydrogens is 286 g/mol. The molecule has 3 nitrogen and oxygen atoms in total. The molecule has 2 rings (SSSR count). The van der Waals surface area contributed by atoms with Crippen molar-refractivity contribution in [3.8, 4) is 5.75 Å². The molecule has 0 spiro atoms. The van der Waals surface area contributed by atoms with Crippen LogP contribution in [0.2, 0.25) is 5.02 Å². The van der Waals surface area contributed by atoms with E-state index in [1.807, 2.05) is 43.4 Å². The molecule has 112 valence electrons. The molecule has 0 aliphatic rings. The Labute approximate surface area is 130 Å². The molecule has 1 N–H and O–H groups in total. The summed E-state index contributed by atoms with van der Waals surface area (Å²) >= 11 is 5.85. The zero-order valence-electron chi connectivity index (χ0n) is 12.3. The van der Waals surface area contributed by atoms with Crippen molar-refractivity contribution in [2.45, 2.75) is 12.5 Å². The van der Waals surface area contributed by atoms with Crippen LogP contribution in [0.15, 0.2) is 48.5 Å². The van der Waals surface area contributed by atoms with Crippen LogP contribution in [-0.2, 0) is 0 Å². The maximum absolute atomic E-state index is 10.2. The molecule has 0 aliphatic heterocycles. The SMILES string of the molecule is COc1ccc(N(C)CCC(O)c2ccc(Cl)cc2)cc1. The molecule has 0 aromatic heterocycles. The van der Waals surface area contributed by atoms with E-state index in [9.17, 15) is 5.11 Å². The summed E-state index contributed by atoms with van der Waals surface area (Å²) in [4.78, 5) is 2.11. The van der Waals surface area contributed by atoms with E-state index >= 15 is 0 Å². The lowest BCUT2D eigenvalue weighted by Crippen LogP contribution is -2.20. The standard InChI is InChI=1S/C17H20ClNO2/c1-19(15-7-9-16(21-2)10-8-15)12-11-17(20)13-3-5-14(18)6-4-13/h3-10,17,20H,11-12H2,1-2H3. The Morgan fingerprint density at radius 1 is 1.10 bits per heavy atom. The van der Waals surface area contributed by atoms with Crippen molar-refractivity contribution in [2.75, 3.05) is 25.6 Å². The molecule has 1 atom stereocenters. The van der Waals surface area contributed by atoms with E-state index in [0.717, 1.165) is 23.5 Å². The Hall–Kier alpha value is -1.71. The molecule has 0 saturated carbocycles. The third-order valence-corrected chi connectivity index (χ3v) is 3.76. The summed E-state index contributed by atoms with van der Waals surface area (Å²) in [6.07, 6.45) is 0.174. The fraction of sp³-hybridized carbons (Fsp3) is 0.294. The van der Waals surface area contributed by atoms with Crippen LogP contribution in [-0.4, -0.2) is 25.8 Å². The lowest BCUT2D eigenvalue weighted by Gasteiger charge is -2.21. The minimum Gasteiger partial charge on any atom is -0.497 e. The minimum absolute atomic E-state index is 0.483. The van der Waals surface area contributed by atoms with Crippen molar-refractivity contribution in [3.63, 3.8) is 0 Å². The van der Waals surface area contributed by atoms with E-state index in [1.165, 1.54) is 0 Å². The Kier molecular flexibility index (Phi) is 5.48. The second-order valence-corrected chi connectivity index (χ2v) is 5.41. The predicted octanol–water partition coefficient (Wildman–Crippen LogP) is 3.91. The number of hydrogen-bond donors (Lipinski definition) is 1. The summed E-state index contributed by atoms with van der Waals surface area (Å²) in [5.41, 5.74) is 1.99. The fourth-order valence-electron chi connectivity index (χ4n) is 2.13. The molecule has 0 fully saturated rings. The Bertz CT molecular complexity index is 554. The van der Waals surface area contributed by atoms with E-state index in [2.05, 4.69) is 4.90 Å². The second kappa shape index (κ2) is 7.34. The first-order chi connectivity index (χ1) is 10.1. The van der Waals surface area contributed by atoms with Crippen LogP contribution in [0, 0.1) is 0 Å². The summed E-state index contributed by atoms with van der Waals surface area (Å²) in [6, 6.07) is 15.2. The molecule has 2 aromatic rings. The number of hydrogen-bond acceptors (Lipinski definition) is 3. The number of halogens is 1. The maximum Gasteiger partial charge on any atom is 0.119 e. The lowest BCUT2D eigenvalue weighted by atomic mass is 10.1. The number of methoxy groups -OCH3 is 1. The molecule has 0 heterocycles. The highest BCUT2D eigenvalue weighted by atomic mass is 35.5. The van der Waals surface area contributed by atoms with Crippen LogP contribution >= 0.6 is 11.6 Å². The average molecular weight is 306 g/mol. The van der Waals surface area contributed by atoms with Gasteiger partial charge in [0.25, 0.3) is 0 Å². The number of rotatable bonds is 6. The van der Waals surface area contributed by atoms with Crippen LogP contribution in [0.1, 0.15) is 18.1 Å². The summed E-state index contributed by atoms with van der Waals surface area (Å²) in [5, 5.41) is 10.9. The summed E-state index contributed by atoms with van der Waals surface area (Å²) in [7, 11) is 3.66. The van der Waals surface area contributed by atoms with E-state index < -0.39 is 6.10 Å². The van der Waals surface area contributed by atoms with Gasteiger partial charge in [0, 0.05) is 24.3 Å². The third kappa shape index (κ3) is 4.38. The van der Waals surface area contributed by atoms with Gasteiger partial charge in [0.1, 0.15) is 5.75 Å². The molecule has 0 amide bonds. The molecule has 2 aromatic carbocycles. The first-order valence-electron chi connectivity index (χ1n) is 6.89. The number of nitrogens with zero attached hydrogens (tertiary/aromatic N) is 1. The monoisotopic (exact) mass is 305 g/mol. The van der Waals surface area contributed by atoms with Gasteiger partial charge in [-0.2, -0.15) is 0 Å². The molecule has 1 unspecified atom stereocenters. The van der Waals surface area contributed by atoms with Crippen LogP contribution in [0.5, 0.6) is 5.75 Å². The Balaban J connectivity index is 1.90. The van der Waals surface area contributed by atoms with Crippen LogP contribution < -0.4 is 9.64 Å². The summed E-state index contributed by atoms with van der Waals surface area (Å²) < 4.78 is 5.15. The molecular formula is C17H20ClNO2. The van der Waals surface area contributed by atoms with Crippen molar-refractivity contribution in [1.29, 1.82) is 0 Å². The van der Waals surface area contributed by atoms with E-state index in [4.69, 9.17) is 16.3 Å². The predicted molar refractivity (Wildman–Crippen MR) is 87.3 cm³/mol. The number of anilines is 1. The van der Waals surface area contributed by atoms with Gasteiger partial charge in [-0.25, -0.2) is 0 Å². The van der Waals surface area contributed by atoms with Crippen LogP contribution in [0.3, 0.4) is 0 Å². The first kappa shape index (κ1) is 15.7. The number of benzene rings is 2. The highest BCUT2D eigenvalue weighted by molar-refractivity contribution is 6.30. The lowest BCUT2D eigenvalue weighted by molar-refractivity contribution is 0.170. The van der Waals surface area contributed by atoms with Gasteiger partial charge in [0.2, 0.25) is 0 Å². The summed E-state index contributed by atoms with van der Waals surface area (Å²) in [6.45, 7) is 0.760. The largest absolute Gasteiger partial charge is 0.497 e. The maximum atomic E-state index is 10.2. The van der Waals surface area contributed by atoms with Crippen LogP contribution in [0.4, 0.5) is 5.69 Å². The molecule has 21 heavy (non-hydrogen) atoms. The quantitative estimate of drug-likeness (QED) is 0.878. The van der Waals surface area contributed by atoms with Gasteiger partial charge >= 0.3 is 0 Å². The van der Waals surface area contributed by atoms with Gasteiger partial charge < -0.3 is 14.7 Å². The van der Waals surface area contributed by atoms with Gasteiger partial charge in [-0.3, -0.25) is 0 Å². The molecule has 0 aliphatic carbocycles. The topological polar surface area (TPSA) is 32.7 Å². The Morgan fingerprint density at radius 3 is 2.29 bits per heavy atom. The van der Waals surface area contributed by atoms with Gasteiger partial charge in [-0.1, -0.05) is 23.7 Å². The number of ether oxygens (including phenoxy) is 1. The zero-order chi connectivity index (χ0) is 15.2. The van der Waals surface area contributed by atoms with Gasteiger partial charge in [-0.05, 0) is 48.4 Å². The highest BCUT2D eigenvalue weighted by Gasteiger charge is 2.09.